The lowest BCUT2D eigenvalue weighted by Gasteiger charge is -2.17. The van der Waals surface area contributed by atoms with Gasteiger partial charge in [-0.1, -0.05) is 25.1 Å². The van der Waals surface area contributed by atoms with Gasteiger partial charge in [0.15, 0.2) is 0 Å². The second-order valence-electron chi connectivity index (χ2n) is 6.10. The smallest absolute Gasteiger partial charge is 0.225 e. The average Bonchev–Trinajstić information content (AvgIpc) is 3.04. The van der Waals surface area contributed by atoms with E-state index >= 15 is 0 Å². The Morgan fingerprint density at radius 1 is 1.43 bits per heavy atom. The fraction of sp³-hybridized carbons (Fsp3) is 0.500. The summed E-state index contributed by atoms with van der Waals surface area (Å²) in [6.07, 6.45) is 1.59. The van der Waals surface area contributed by atoms with Crippen molar-refractivity contribution >= 4 is 11.8 Å². The number of carbonyl (C=O) groups excluding carboxylic acids is 2. The highest BCUT2D eigenvalue weighted by atomic mass is 16.3. The Morgan fingerprint density at radius 2 is 2.14 bits per heavy atom. The van der Waals surface area contributed by atoms with Gasteiger partial charge in [0.1, 0.15) is 5.75 Å². The molecule has 0 aromatic heterocycles. The van der Waals surface area contributed by atoms with Gasteiger partial charge in [-0.25, -0.2) is 0 Å². The van der Waals surface area contributed by atoms with Gasteiger partial charge in [0.25, 0.3) is 0 Å². The van der Waals surface area contributed by atoms with Crippen molar-refractivity contribution in [1.29, 1.82) is 0 Å². The lowest BCUT2D eigenvalue weighted by atomic mass is 10.1. The Balaban J connectivity index is 1.54. The summed E-state index contributed by atoms with van der Waals surface area (Å²) in [5.74, 6) is 0.699. The van der Waals surface area contributed by atoms with Crippen molar-refractivity contribution in [2.75, 3.05) is 6.54 Å². The van der Waals surface area contributed by atoms with Crippen molar-refractivity contribution in [1.82, 2.24) is 10.2 Å². The molecule has 3 rings (SSSR count). The third-order valence-electron chi connectivity index (χ3n) is 4.33. The van der Waals surface area contributed by atoms with E-state index in [4.69, 9.17) is 0 Å². The molecular formula is C16H20N2O3. The van der Waals surface area contributed by atoms with Gasteiger partial charge in [0.05, 0.1) is 12.5 Å². The van der Waals surface area contributed by atoms with Crippen LogP contribution in [0.15, 0.2) is 24.3 Å². The SMILES string of the molecule is C[C@@H]1C[C@@H]1N1C[C@@H](NC(=O)Cc2ccccc2O)CC1=O. The normalized spacial score (nSPS) is 27.8. The molecule has 1 aliphatic heterocycles. The van der Waals surface area contributed by atoms with Crippen molar-refractivity contribution in [3.63, 3.8) is 0 Å². The van der Waals surface area contributed by atoms with Crippen molar-refractivity contribution in [3.8, 4) is 5.75 Å². The minimum absolute atomic E-state index is 0.108. The monoisotopic (exact) mass is 288 g/mol. The zero-order valence-corrected chi connectivity index (χ0v) is 12.1. The molecule has 21 heavy (non-hydrogen) atoms. The fourth-order valence-electron chi connectivity index (χ4n) is 3.00. The maximum atomic E-state index is 12.0. The molecule has 0 spiro atoms. The summed E-state index contributed by atoms with van der Waals surface area (Å²) < 4.78 is 0. The first-order valence-electron chi connectivity index (χ1n) is 7.40. The van der Waals surface area contributed by atoms with E-state index in [1.807, 2.05) is 4.90 Å². The highest BCUT2D eigenvalue weighted by molar-refractivity contribution is 5.83. The van der Waals surface area contributed by atoms with Crippen molar-refractivity contribution < 1.29 is 14.7 Å². The minimum Gasteiger partial charge on any atom is -0.508 e. The molecule has 2 aliphatic rings. The molecule has 0 bridgehead atoms. The third-order valence-corrected chi connectivity index (χ3v) is 4.33. The van der Waals surface area contributed by atoms with Crippen LogP contribution >= 0.6 is 0 Å². The van der Waals surface area contributed by atoms with E-state index in [2.05, 4.69) is 12.2 Å². The van der Waals surface area contributed by atoms with Gasteiger partial charge in [-0.3, -0.25) is 9.59 Å². The van der Waals surface area contributed by atoms with Gasteiger partial charge < -0.3 is 15.3 Å². The van der Waals surface area contributed by atoms with E-state index in [-0.39, 0.29) is 30.0 Å². The Kier molecular flexibility index (Phi) is 3.57. The summed E-state index contributed by atoms with van der Waals surface area (Å²) in [5.41, 5.74) is 0.604. The molecule has 1 saturated carbocycles. The van der Waals surface area contributed by atoms with Crippen LogP contribution in [0.2, 0.25) is 0 Å². The molecule has 2 fully saturated rings. The zero-order chi connectivity index (χ0) is 15.0. The Hall–Kier alpha value is -2.04. The number of carbonyl (C=O) groups is 2. The fourth-order valence-corrected chi connectivity index (χ4v) is 3.00. The van der Waals surface area contributed by atoms with Gasteiger partial charge in [-0.15, -0.1) is 0 Å². The first-order chi connectivity index (χ1) is 10.0. The number of phenols is 1. The summed E-state index contributed by atoms with van der Waals surface area (Å²) in [6.45, 7) is 2.75. The Bertz CT molecular complexity index is 572. The molecule has 1 aromatic carbocycles. The average molecular weight is 288 g/mol. The van der Waals surface area contributed by atoms with Crippen LogP contribution in [0.5, 0.6) is 5.75 Å². The predicted molar refractivity (Wildman–Crippen MR) is 77.6 cm³/mol. The number of hydrogen-bond acceptors (Lipinski definition) is 3. The second kappa shape index (κ2) is 5.39. The van der Waals surface area contributed by atoms with Crippen LogP contribution in [0.4, 0.5) is 0 Å². The molecule has 1 aliphatic carbocycles. The number of para-hydroxylation sites is 1. The van der Waals surface area contributed by atoms with E-state index in [1.54, 1.807) is 24.3 Å². The van der Waals surface area contributed by atoms with Crippen LogP contribution in [0, 0.1) is 5.92 Å². The first kappa shape index (κ1) is 13.9. The van der Waals surface area contributed by atoms with E-state index < -0.39 is 0 Å². The predicted octanol–water partition coefficient (Wildman–Crippen LogP) is 1.06. The number of phenolic OH excluding ortho intramolecular Hbond substituents is 1. The molecule has 3 atom stereocenters. The topological polar surface area (TPSA) is 69.6 Å². The summed E-state index contributed by atoms with van der Waals surface area (Å²) in [7, 11) is 0. The van der Waals surface area contributed by atoms with Crippen LogP contribution in [-0.2, 0) is 16.0 Å². The molecule has 2 N–H and O–H groups in total. The number of benzene rings is 1. The van der Waals surface area contributed by atoms with Gasteiger partial charge >= 0.3 is 0 Å². The molecule has 5 nitrogen and oxygen atoms in total. The Labute approximate surface area is 123 Å². The van der Waals surface area contributed by atoms with Gasteiger partial charge in [0.2, 0.25) is 11.8 Å². The molecule has 1 saturated heterocycles. The highest BCUT2D eigenvalue weighted by Gasteiger charge is 2.44. The van der Waals surface area contributed by atoms with Crippen LogP contribution < -0.4 is 5.32 Å². The molecule has 2 amide bonds. The number of nitrogens with one attached hydrogen (secondary N) is 1. The summed E-state index contributed by atoms with van der Waals surface area (Å²) in [4.78, 5) is 25.9. The van der Waals surface area contributed by atoms with Crippen LogP contribution in [0.3, 0.4) is 0 Å². The molecule has 0 unspecified atom stereocenters. The molecule has 112 valence electrons. The van der Waals surface area contributed by atoms with Crippen LogP contribution in [0.1, 0.15) is 25.3 Å². The number of aromatic hydroxyl groups is 1. The van der Waals surface area contributed by atoms with E-state index in [9.17, 15) is 14.7 Å². The molecule has 0 radical (unpaired) electrons. The van der Waals surface area contributed by atoms with E-state index in [0.29, 0.717) is 30.5 Å². The van der Waals surface area contributed by atoms with Crippen molar-refractivity contribution in [3.05, 3.63) is 29.8 Å². The Morgan fingerprint density at radius 3 is 2.81 bits per heavy atom. The number of amides is 2. The lowest BCUT2D eigenvalue weighted by Crippen LogP contribution is -2.38. The standard InChI is InChI=1S/C16H20N2O3/c1-10-6-13(10)18-9-12(8-16(18)21)17-15(20)7-11-4-2-3-5-14(11)19/h2-5,10,12-13,19H,6-9H2,1H3,(H,17,20)/t10-,12+,13+/m1/s1. The third kappa shape index (κ3) is 3.01. The van der Waals surface area contributed by atoms with Gasteiger partial charge in [0, 0.05) is 24.6 Å². The van der Waals surface area contributed by atoms with Crippen molar-refractivity contribution in [2.45, 2.75) is 38.3 Å². The number of likely N-dealkylation sites (tertiary alicyclic amines) is 1. The van der Waals surface area contributed by atoms with Crippen LogP contribution in [-0.4, -0.2) is 40.4 Å². The zero-order valence-electron chi connectivity index (χ0n) is 12.1. The van der Waals surface area contributed by atoms with Crippen LogP contribution in [0.25, 0.3) is 0 Å². The molecule has 1 aromatic rings. The molecule has 1 heterocycles. The van der Waals surface area contributed by atoms with E-state index in [1.165, 1.54) is 0 Å². The summed E-state index contributed by atoms with van der Waals surface area (Å²) in [5, 5.41) is 12.6. The van der Waals surface area contributed by atoms with E-state index in [0.717, 1.165) is 6.42 Å². The number of rotatable bonds is 4. The second-order valence-corrected chi connectivity index (χ2v) is 6.10. The number of hydrogen-bond donors (Lipinski definition) is 2. The summed E-state index contributed by atoms with van der Waals surface area (Å²) >= 11 is 0. The number of nitrogens with zero attached hydrogens (tertiary/aromatic N) is 1. The highest BCUT2D eigenvalue weighted by Crippen LogP contribution is 2.37. The van der Waals surface area contributed by atoms with Crippen molar-refractivity contribution in [2.24, 2.45) is 5.92 Å². The quantitative estimate of drug-likeness (QED) is 0.870. The van der Waals surface area contributed by atoms with Gasteiger partial charge in [-0.05, 0) is 18.4 Å². The largest absolute Gasteiger partial charge is 0.508 e. The first-order valence-corrected chi connectivity index (χ1v) is 7.40. The molecule has 5 heteroatoms. The van der Waals surface area contributed by atoms with Gasteiger partial charge in [-0.2, -0.15) is 0 Å². The lowest BCUT2D eigenvalue weighted by molar-refractivity contribution is -0.128. The molecular weight excluding hydrogens is 268 g/mol. The maximum Gasteiger partial charge on any atom is 0.225 e. The minimum atomic E-state index is -0.153. The summed E-state index contributed by atoms with van der Waals surface area (Å²) in [6, 6.07) is 7.07. The maximum absolute atomic E-state index is 12.0.